The number of thiophene rings is 1. The van der Waals surface area contributed by atoms with Crippen molar-refractivity contribution in [3.8, 4) is 0 Å². The van der Waals surface area contributed by atoms with Gasteiger partial charge in [0.05, 0.1) is 8.81 Å². The predicted octanol–water partition coefficient (Wildman–Crippen LogP) is 3.71. The summed E-state index contributed by atoms with van der Waals surface area (Å²) in [5, 5.41) is 0.158. The quantitative estimate of drug-likeness (QED) is 0.791. The van der Waals surface area contributed by atoms with Crippen LogP contribution in [0.5, 0.6) is 0 Å². The molecule has 0 spiro atoms. The van der Waals surface area contributed by atoms with Gasteiger partial charge < -0.3 is 0 Å². The van der Waals surface area contributed by atoms with Crippen LogP contribution in [0.15, 0.2) is 14.1 Å². The van der Waals surface area contributed by atoms with E-state index in [4.69, 9.17) is 23.2 Å². The first-order valence-electron chi connectivity index (χ1n) is 4.82. The monoisotopic (exact) mass is 379 g/mol. The molecule has 0 bridgehead atoms. The van der Waals surface area contributed by atoms with Crippen LogP contribution in [0.4, 0.5) is 0 Å². The number of alkyl halides is 1. The summed E-state index contributed by atoms with van der Waals surface area (Å²) in [6.45, 7) is 4.07. The molecule has 1 aromatic rings. The maximum Gasteiger partial charge on any atom is 0.250 e. The molecule has 0 aromatic carbocycles. The largest absolute Gasteiger partial charge is 0.250 e. The molecule has 98 valence electrons. The third-order valence-corrected chi connectivity index (χ3v) is 7.11. The number of hydrogen-bond acceptors (Lipinski definition) is 3. The van der Waals surface area contributed by atoms with Crippen LogP contribution < -0.4 is 4.72 Å². The van der Waals surface area contributed by atoms with Crippen molar-refractivity contribution < 1.29 is 8.42 Å². The number of rotatable bonds is 5. The lowest BCUT2D eigenvalue weighted by Crippen LogP contribution is -2.31. The third-order valence-electron chi connectivity index (χ3n) is 2.08. The lowest BCUT2D eigenvalue weighted by Gasteiger charge is -2.13. The summed E-state index contributed by atoms with van der Waals surface area (Å²) >= 11 is 16.0. The molecule has 1 unspecified atom stereocenters. The van der Waals surface area contributed by atoms with Crippen molar-refractivity contribution in [1.82, 2.24) is 4.72 Å². The Kier molecular flexibility index (Phi) is 5.75. The number of sulfonamides is 1. The van der Waals surface area contributed by atoms with Gasteiger partial charge in [0.15, 0.2) is 0 Å². The number of nitrogens with one attached hydrogen (secondary N) is 1. The van der Waals surface area contributed by atoms with Crippen LogP contribution in [-0.4, -0.2) is 20.3 Å². The van der Waals surface area contributed by atoms with E-state index in [2.05, 4.69) is 20.7 Å². The smallest absolute Gasteiger partial charge is 0.209 e. The van der Waals surface area contributed by atoms with Crippen LogP contribution in [0.25, 0.3) is 0 Å². The minimum Gasteiger partial charge on any atom is -0.209 e. The van der Waals surface area contributed by atoms with E-state index in [1.165, 1.54) is 6.07 Å². The molecule has 1 N–H and O–H groups in total. The summed E-state index contributed by atoms with van der Waals surface area (Å²) < 4.78 is 27.0. The van der Waals surface area contributed by atoms with Crippen LogP contribution in [-0.2, 0) is 10.0 Å². The van der Waals surface area contributed by atoms with Gasteiger partial charge >= 0.3 is 0 Å². The number of halogens is 3. The van der Waals surface area contributed by atoms with Crippen molar-refractivity contribution in [3.05, 3.63) is 14.9 Å². The molecule has 0 aliphatic heterocycles. The Hall–Kier alpha value is 0.670. The zero-order chi connectivity index (χ0) is 13.2. The van der Waals surface area contributed by atoms with E-state index in [1.54, 1.807) is 0 Å². The zero-order valence-corrected chi connectivity index (χ0v) is 13.9. The van der Waals surface area contributed by atoms with Gasteiger partial charge in [-0.3, -0.25) is 0 Å². The molecular weight excluding hydrogens is 369 g/mol. The van der Waals surface area contributed by atoms with Crippen molar-refractivity contribution in [2.45, 2.75) is 23.4 Å². The van der Waals surface area contributed by atoms with Gasteiger partial charge in [-0.2, -0.15) is 0 Å². The molecule has 0 amide bonds. The van der Waals surface area contributed by atoms with Gasteiger partial charge in [0.25, 0.3) is 0 Å². The fraction of sp³-hybridized carbons (Fsp3) is 0.556. The third kappa shape index (κ3) is 4.36. The average molecular weight is 381 g/mol. The molecule has 17 heavy (non-hydrogen) atoms. The first-order chi connectivity index (χ1) is 7.74. The summed E-state index contributed by atoms with van der Waals surface area (Å²) in [5.74, 6) is 0.207. The molecule has 0 fully saturated rings. The van der Waals surface area contributed by atoms with Gasteiger partial charge in [-0.1, -0.05) is 25.4 Å². The zero-order valence-electron chi connectivity index (χ0n) is 9.21. The normalized spacial score (nSPS) is 14.2. The molecule has 0 saturated heterocycles. The maximum atomic E-state index is 11.9. The second-order valence-electron chi connectivity index (χ2n) is 3.80. The molecule has 1 atom stereocenters. The molecule has 1 heterocycles. The lowest BCUT2D eigenvalue weighted by atomic mass is 10.1. The second kappa shape index (κ2) is 6.21. The van der Waals surface area contributed by atoms with Crippen molar-refractivity contribution in [1.29, 1.82) is 0 Å². The molecule has 1 rings (SSSR count). The van der Waals surface area contributed by atoms with Gasteiger partial charge in [-0.05, 0) is 27.9 Å². The highest BCUT2D eigenvalue weighted by atomic mass is 79.9. The van der Waals surface area contributed by atoms with Crippen molar-refractivity contribution in [2.75, 3.05) is 6.54 Å². The van der Waals surface area contributed by atoms with E-state index in [0.717, 1.165) is 11.3 Å². The summed E-state index contributed by atoms with van der Waals surface area (Å²) in [6, 6.07) is 1.41. The summed E-state index contributed by atoms with van der Waals surface area (Å²) in [7, 11) is -3.52. The summed E-state index contributed by atoms with van der Waals surface area (Å²) in [5.41, 5.74) is 0. The van der Waals surface area contributed by atoms with E-state index in [1.807, 2.05) is 13.8 Å². The van der Waals surface area contributed by atoms with E-state index in [-0.39, 0.29) is 22.0 Å². The van der Waals surface area contributed by atoms with Gasteiger partial charge in [0.1, 0.15) is 4.21 Å². The Balaban J connectivity index is 2.76. The fourth-order valence-corrected chi connectivity index (χ4v) is 4.63. The minimum absolute atomic E-state index is 0.182. The molecule has 0 aliphatic rings. The highest BCUT2D eigenvalue weighted by molar-refractivity contribution is 9.11. The van der Waals surface area contributed by atoms with Crippen LogP contribution in [0.3, 0.4) is 0 Å². The summed E-state index contributed by atoms with van der Waals surface area (Å²) in [4.78, 5) is 0. The van der Waals surface area contributed by atoms with E-state index in [0.29, 0.717) is 8.81 Å². The van der Waals surface area contributed by atoms with E-state index < -0.39 is 10.0 Å². The van der Waals surface area contributed by atoms with Crippen molar-refractivity contribution >= 4 is 60.5 Å². The lowest BCUT2D eigenvalue weighted by molar-refractivity contribution is 0.557. The molecule has 0 saturated carbocycles. The number of hydrogen-bond donors (Lipinski definition) is 1. The standard InChI is InChI=1S/C9H12BrCl2NO2S2/c1-5(2)7(12)4-13-17(14,15)8-3-6(11)9(10)16-8/h3,5,7,13H,4H2,1-2H3. The predicted molar refractivity (Wildman–Crippen MR) is 76.7 cm³/mol. The van der Waals surface area contributed by atoms with Gasteiger partial charge in [0.2, 0.25) is 10.0 Å². The van der Waals surface area contributed by atoms with Crippen molar-refractivity contribution in [2.24, 2.45) is 5.92 Å². The Labute approximate surface area is 124 Å². The van der Waals surface area contributed by atoms with Gasteiger partial charge in [0, 0.05) is 11.9 Å². The fourth-order valence-electron chi connectivity index (χ4n) is 0.955. The first-order valence-corrected chi connectivity index (χ1v) is 8.73. The van der Waals surface area contributed by atoms with Crippen LogP contribution >= 0.6 is 50.5 Å². The second-order valence-corrected chi connectivity index (χ2v) is 9.13. The van der Waals surface area contributed by atoms with Gasteiger partial charge in [-0.15, -0.1) is 22.9 Å². The molecule has 0 radical (unpaired) electrons. The van der Waals surface area contributed by atoms with E-state index >= 15 is 0 Å². The first kappa shape index (κ1) is 15.7. The SMILES string of the molecule is CC(C)C(Cl)CNS(=O)(=O)c1cc(Cl)c(Br)s1. The average Bonchev–Trinajstić information content (AvgIpc) is 2.56. The van der Waals surface area contributed by atoms with E-state index in [9.17, 15) is 8.42 Å². The Morgan fingerprint density at radius 3 is 2.53 bits per heavy atom. The van der Waals surface area contributed by atoms with Crippen LogP contribution in [0, 0.1) is 5.92 Å². The highest BCUT2D eigenvalue weighted by Gasteiger charge is 2.20. The summed E-state index contributed by atoms with van der Waals surface area (Å²) in [6.07, 6.45) is 0. The molecule has 0 aliphatic carbocycles. The molecule has 1 aromatic heterocycles. The van der Waals surface area contributed by atoms with Crippen molar-refractivity contribution in [3.63, 3.8) is 0 Å². The van der Waals surface area contributed by atoms with Crippen LogP contribution in [0.2, 0.25) is 5.02 Å². The maximum absolute atomic E-state index is 11.9. The molecular formula is C9H12BrCl2NO2S2. The Morgan fingerprint density at radius 1 is 1.53 bits per heavy atom. The van der Waals surface area contributed by atoms with Crippen LogP contribution in [0.1, 0.15) is 13.8 Å². The highest BCUT2D eigenvalue weighted by Crippen LogP contribution is 2.34. The Bertz CT molecular complexity index is 468. The molecule has 3 nitrogen and oxygen atoms in total. The Morgan fingerprint density at radius 2 is 2.12 bits per heavy atom. The topological polar surface area (TPSA) is 46.2 Å². The molecule has 8 heteroatoms. The minimum atomic E-state index is -3.52. The van der Waals surface area contributed by atoms with Gasteiger partial charge in [-0.25, -0.2) is 13.1 Å².